The Kier molecular flexibility index (Phi) is 5.11. The topological polar surface area (TPSA) is 15.3 Å². The van der Waals surface area contributed by atoms with Crippen molar-refractivity contribution in [2.75, 3.05) is 13.1 Å². The summed E-state index contributed by atoms with van der Waals surface area (Å²) in [5.41, 5.74) is 1.41. The summed E-state index contributed by atoms with van der Waals surface area (Å²) in [7, 11) is 0. The first-order chi connectivity index (χ1) is 9.37. The van der Waals surface area contributed by atoms with Gasteiger partial charge in [-0.2, -0.15) is 0 Å². The van der Waals surface area contributed by atoms with Gasteiger partial charge in [-0.1, -0.05) is 43.6 Å². The second kappa shape index (κ2) is 6.46. The van der Waals surface area contributed by atoms with E-state index in [-0.39, 0.29) is 5.54 Å². The van der Waals surface area contributed by atoms with Gasteiger partial charge in [-0.3, -0.25) is 4.90 Å². The summed E-state index contributed by atoms with van der Waals surface area (Å²) in [5.74, 6) is 0.719. The fourth-order valence-corrected chi connectivity index (χ4v) is 3.22. The van der Waals surface area contributed by atoms with Crippen LogP contribution in [0.2, 0.25) is 5.02 Å². The zero-order valence-electron chi connectivity index (χ0n) is 13.1. The second-order valence-corrected chi connectivity index (χ2v) is 7.45. The molecule has 1 aliphatic rings. The van der Waals surface area contributed by atoms with Crippen LogP contribution in [0.4, 0.5) is 0 Å². The van der Waals surface area contributed by atoms with Crippen LogP contribution in [0.1, 0.15) is 39.7 Å². The van der Waals surface area contributed by atoms with Crippen molar-refractivity contribution in [2.24, 2.45) is 5.92 Å². The van der Waals surface area contributed by atoms with Crippen molar-refractivity contribution in [2.45, 2.75) is 52.2 Å². The van der Waals surface area contributed by atoms with E-state index in [1.54, 1.807) is 0 Å². The smallest absolute Gasteiger partial charge is 0.0451 e. The van der Waals surface area contributed by atoms with Crippen LogP contribution < -0.4 is 5.32 Å². The van der Waals surface area contributed by atoms with Crippen LogP contribution in [-0.4, -0.2) is 29.6 Å². The van der Waals surface area contributed by atoms with Gasteiger partial charge in [0.25, 0.3) is 0 Å². The number of benzene rings is 1. The molecular weight excluding hydrogens is 268 g/mol. The number of hydrogen-bond donors (Lipinski definition) is 1. The molecule has 2 nitrogen and oxygen atoms in total. The van der Waals surface area contributed by atoms with Crippen molar-refractivity contribution in [3.8, 4) is 0 Å². The highest BCUT2D eigenvalue weighted by Gasteiger charge is 2.32. The van der Waals surface area contributed by atoms with Crippen molar-refractivity contribution >= 4 is 11.6 Å². The molecule has 0 aromatic heterocycles. The summed E-state index contributed by atoms with van der Waals surface area (Å²) >= 11 is 6.33. The molecule has 1 unspecified atom stereocenters. The zero-order chi connectivity index (χ0) is 14.8. The van der Waals surface area contributed by atoms with Crippen molar-refractivity contribution in [1.82, 2.24) is 10.2 Å². The highest BCUT2D eigenvalue weighted by molar-refractivity contribution is 6.31. The predicted molar refractivity (Wildman–Crippen MR) is 87.2 cm³/mol. The van der Waals surface area contributed by atoms with E-state index in [0.29, 0.717) is 6.04 Å². The molecule has 0 saturated carbocycles. The van der Waals surface area contributed by atoms with Gasteiger partial charge in [0, 0.05) is 36.2 Å². The Morgan fingerprint density at radius 2 is 2.05 bits per heavy atom. The molecule has 20 heavy (non-hydrogen) atoms. The Bertz CT molecular complexity index is 442. The minimum atomic E-state index is 0.175. The monoisotopic (exact) mass is 294 g/mol. The van der Waals surface area contributed by atoms with Crippen molar-refractivity contribution in [1.29, 1.82) is 0 Å². The minimum absolute atomic E-state index is 0.175. The molecule has 1 heterocycles. The Morgan fingerprint density at radius 3 is 2.70 bits per heavy atom. The lowest BCUT2D eigenvalue weighted by atomic mass is 9.93. The van der Waals surface area contributed by atoms with Gasteiger partial charge in [0.15, 0.2) is 0 Å². The van der Waals surface area contributed by atoms with Crippen LogP contribution in [0.25, 0.3) is 0 Å². The third-order valence-corrected chi connectivity index (χ3v) is 4.37. The van der Waals surface area contributed by atoms with Gasteiger partial charge in [0.1, 0.15) is 0 Å². The van der Waals surface area contributed by atoms with Gasteiger partial charge in [0.2, 0.25) is 0 Å². The lowest BCUT2D eigenvalue weighted by Crippen LogP contribution is -2.61. The second-order valence-electron chi connectivity index (χ2n) is 7.04. The molecular formula is C17H27ClN2. The first kappa shape index (κ1) is 15.8. The van der Waals surface area contributed by atoms with Crippen molar-refractivity contribution in [3.63, 3.8) is 0 Å². The molecule has 0 spiro atoms. The molecule has 1 aromatic rings. The number of nitrogens with one attached hydrogen (secondary N) is 1. The molecule has 0 aliphatic carbocycles. The number of rotatable bonds is 4. The van der Waals surface area contributed by atoms with Crippen LogP contribution in [0.15, 0.2) is 24.3 Å². The standard InChI is InChI=1S/C17H27ClN2/c1-13(2)9-15-10-19-17(3,4)12-20(15)11-14-7-5-6-8-16(14)18/h5-8,13,15,19H,9-12H2,1-4H3. The summed E-state index contributed by atoms with van der Waals surface area (Å²) in [4.78, 5) is 2.59. The van der Waals surface area contributed by atoms with Crippen LogP contribution in [0.5, 0.6) is 0 Å². The summed E-state index contributed by atoms with van der Waals surface area (Å²) < 4.78 is 0. The fourth-order valence-electron chi connectivity index (χ4n) is 3.02. The van der Waals surface area contributed by atoms with E-state index in [1.165, 1.54) is 12.0 Å². The van der Waals surface area contributed by atoms with Gasteiger partial charge in [-0.15, -0.1) is 0 Å². The molecule has 1 saturated heterocycles. The van der Waals surface area contributed by atoms with Gasteiger partial charge < -0.3 is 5.32 Å². The summed E-state index contributed by atoms with van der Waals surface area (Å²) in [6.45, 7) is 12.2. The number of piperazine rings is 1. The highest BCUT2D eigenvalue weighted by Crippen LogP contribution is 2.24. The lowest BCUT2D eigenvalue weighted by Gasteiger charge is -2.45. The average molecular weight is 295 g/mol. The summed E-state index contributed by atoms with van der Waals surface area (Å²) in [6, 6.07) is 8.80. The molecule has 2 rings (SSSR count). The molecule has 0 amide bonds. The zero-order valence-corrected chi connectivity index (χ0v) is 13.9. The number of hydrogen-bond acceptors (Lipinski definition) is 2. The van der Waals surface area contributed by atoms with E-state index in [9.17, 15) is 0 Å². The van der Waals surface area contributed by atoms with E-state index >= 15 is 0 Å². The number of halogens is 1. The van der Waals surface area contributed by atoms with E-state index in [0.717, 1.165) is 30.6 Å². The first-order valence-electron chi connectivity index (χ1n) is 7.60. The number of nitrogens with zero attached hydrogens (tertiary/aromatic N) is 1. The Hall–Kier alpha value is -0.570. The Labute approximate surface area is 128 Å². The van der Waals surface area contributed by atoms with E-state index < -0.39 is 0 Å². The molecule has 0 radical (unpaired) electrons. The van der Waals surface area contributed by atoms with E-state index in [1.807, 2.05) is 12.1 Å². The SMILES string of the molecule is CC(C)CC1CNC(C)(C)CN1Cc1ccccc1Cl. The highest BCUT2D eigenvalue weighted by atomic mass is 35.5. The Balaban J connectivity index is 2.13. The van der Waals surface area contributed by atoms with Gasteiger partial charge in [-0.05, 0) is 37.8 Å². The van der Waals surface area contributed by atoms with E-state index in [4.69, 9.17) is 11.6 Å². The lowest BCUT2D eigenvalue weighted by molar-refractivity contribution is 0.0760. The van der Waals surface area contributed by atoms with Crippen LogP contribution in [0, 0.1) is 5.92 Å². The third kappa shape index (κ3) is 4.21. The molecule has 1 N–H and O–H groups in total. The predicted octanol–water partition coefficient (Wildman–Crippen LogP) is 3.94. The molecule has 1 fully saturated rings. The maximum atomic E-state index is 6.33. The van der Waals surface area contributed by atoms with Crippen LogP contribution in [0.3, 0.4) is 0 Å². The van der Waals surface area contributed by atoms with Crippen molar-refractivity contribution in [3.05, 3.63) is 34.9 Å². The first-order valence-corrected chi connectivity index (χ1v) is 7.98. The summed E-state index contributed by atoms with van der Waals surface area (Å²) in [5, 5.41) is 4.55. The summed E-state index contributed by atoms with van der Waals surface area (Å²) in [6.07, 6.45) is 1.23. The Morgan fingerprint density at radius 1 is 1.35 bits per heavy atom. The molecule has 1 aliphatic heterocycles. The molecule has 112 valence electrons. The maximum absolute atomic E-state index is 6.33. The molecule has 0 bridgehead atoms. The molecule has 1 aromatic carbocycles. The quantitative estimate of drug-likeness (QED) is 0.905. The van der Waals surface area contributed by atoms with Crippen LogP contribution in [-0.2, 0) is 6.54 Å². The van der Waals surface area contributed by atoms with Crippen molar-refractivity contribution < 1.29 is 0 Å². The maximum Gasteiger partial charge on any atom is 0.0451 e. The molecule has 3 heteroatoms. The fraction of sp³-hybridized carbons (Fsp3) is 0.647. The minimum Gasteiger partial charge on any atom is -0.309 e. The van der Waals surface area contributed by atoms with Gasteiger partial charge >= 0.3 is 0 Å². The third-order valence-electron chi connectivity index (χ3n) is 4.01. The van der Waals surface area contributed by atoms with E-state index in [2.05, 4.69) is 50.0 Å². The molecule has 1 atom stereocenters. The van der Waals surface area contributed by atoms with Crippen LogP contribution >= 0.6 is 11.6 Å². The average Bonchev–Trinajstić information content (AvgIpc) is 2.35. The largest absolute Gasteiger partial charge is 0.309 e. The normalized spacial score (nSPS) is 23.2. The van der Waals surface area contributed by atoms with Gasteiger partial charge in [-0.25, -0.2) is 0 Å². The van der Waals surface area contributed by atoms with Gasteiger partial charge in [0.05, 0.1) is 0 Å².